The largest absolute Gasteiger partial charge is 0.428 e. The third kappa shape index (κ3) is 2.54. The highest BCUT2D eigenvalue weighted by Crippen LogP contribution is 2.29. The van der Waals surface area contributed by atoms with Gasteiger partial charge in [0.25, 0.3) is 5.19 Å². The Kier molecular flexibility index (Phi) is 3.02. The zero-order chi connectivity index (χ0) is 10.8. The van der Waals surface area contributed by atoms with Crippen LogP contribution in [0, 0.1) is 12.7 Å². The summed E-state index contributed by atoms with van der Waals surface area (Å²) in [5, 5.41) is 2.30. The van der Waals surface area contributed by atoms with Crippen molar-refractivity contribution in [3.8, 4) is 10.9 Å². The third-order valence-corrected chi connectivity index (χ3v) is 3.02. The molecule has 5 heteroatoms. The first-order chi connectivity index (χ1) is 7.15. The Bertz CT molecular complexity index is 486. The van der Waals surface area contributed by atoms with Crippen LogP contribution in [0.1, 0.15) is 5.69 Å². The van der Waals surface area contributed by atoms with Gasteiger partial charge in [-0.15, -0.1) is 0 Å². The van der Waals surface area contributed by atoms with Gasteiger partial charge >= 0.3 is 0 Å². The maximum absolute atomic E-state index is 13.3. The number of aryl methyl sites for hydroxylation is 1. The van der Waals surface area contributed by atoms with Gasteiger partial charge in [0.15, 0.2) is 11.6 Å². The van der Waals surface area contributed by atoms with E-state index in [0.717, 1.165) is 10.2 Å². The summed E-state index contributed by atoms with van der Waals surface area (Å²) in [6, 6.07) is 4.54. The van der Waals surface area contributed by atoms with Crippen molar-refractivity contribution in [1.82, 2.24) is 4.98 Å². The molecule has 0 aliphatic rings. The molecule has 15 heavy (non-hydrogen) atoms. The van der Waals surface area contributed by atoms with E-state index in [0.29, 0.717) is 5.19 Å². The molecule has 0 atom stereocenters. The lowest BCUT2D eigenvalue weighted by atomic mass is 10.3. The molecule has 2 nitrogen and oxygen atoms in total. The lowest BCUT2D eigenvalue weighted by Gasteiger charge is -2.03. The number of ether oxygens (including phenoxy) is 1. The molecule has 78 valence electrons. The summed E-state index contributed by atoms with van der Waals surface area (Å²) in [7, 11) is 0. The fourth-order valence-electron chi connectivity index (χ4n) is 1.03. The van der Waals surface area contributed by atoms with Crippen molar-refractivity contribution in [3.63, 3.8) is 0 Å². The molecule has 0 N–H and O–H groups in total. The number of nitrogens with zero attached hydrogens (tertiary/aromatic N) is 1. The Morgan fingerprint density at radius 1 is 1.47 bits per heavy atom. The first kappa shape index (κ1) is 10.6. The van der Waals surface area contributed by atoms with Gasteiger partial charge in [-0.25, -0.2) is 9.37 Å². The zero-order valence-corrected chi connectivity index (χ0v) is 10.2. The van der Waals surface area contributed by atoms with Crippen LogP contribution in [0.25, 0.3) is 0 Å². The van der Waals surface area contributed by atoms with Crippen LogP contribution in [0.3, 0.4) is 0 Å². The quantitative estimate of drug-likeness (QED) is 0.828. The number of halogens is 2. The molecule has 0 bridgehead atoms. The van der Waals surface area contributed by atoms with Gasteiger partial charge in [-0.2, -0.15) is 0 Å². The lowest BCUT2D eigenvalue weighted by molar-refractivity contribution is 0.438. The second kappa shape index (κ2) is 4.28. The van der Waals surface area contributed by atoms with Crippen molar-refractivity contribution in [2.45, 2.75) is 6.92 Å². The molecule has 1 heterocycles. The second-order valence-corrected chi connectivity index (χ2v) is 4.67. The summed E-state index contributed by atoms with van der Waals surface area (Å²) in [5.41, 5.74) is 0.866. The maximum atomic E-state index is 13.3. The standard InChI is InChI=1S/C10H7BrFNOS/c1-6-5-15-10(13-6)14-9-4-7(11)2-3-8(9)12/h2-5H,1H3. The van der Waals surface area contributed by atoms with Crippen molar-refractivity contribution in [2.24, 2.45) is 0 Å². The first-order valence-electron chi connectivity index (χ1n) is 4.20. The maximum Gasteiger partial charge on any atom is 0.278 e. The van der Waals surface area contributed by atoms with E-state index in [2.05, 4.69) is 20.9 Å². The monoisotopic (exact) mass is 287 g/mol. The van der Waals surface area contributed by atoms with Crippen molar-refractivity contribution < 1.29 is 9.13 Å². The van der Waals surface area contributed by atoms with E-state index in [1.807, 2.05) is 12.3 Å². The minimum atomic E-state index is -0.397. The Morgan fingerprint density at radius 3 is 2.93 bits per heavy atom. The van der Waals surface area contributed by atoms with Crippen LogP contribution in [0.2, 0.25) is 0 Å². The molecule has 1 aromatic heterocycles. The van der Waals surface area contributed by atoms with Crippen LogP contribution < -0.4 is 4.74 Å². The molecule has 0 radical (unpaired) electrons. The Morgan fingerprint density at radius 2 is 2.27 bits per heavy atom. The number of hydrogen-bond acceptors (Lipinski definition) is 3. The molecular weight excluding hydrogens is 281 g/mol. The molecule has 2 rings (SSSR count). The summed E-state index contributed by atoms with van der Waals surface area (Å²) in [4.78, 5) is 4.09. The van der Waals surface area contributed by atoms with Crippen molar-refractivity contribution in [1.29, 1.82) is 0 Å². The van der Waals surface area contributed by atoms with E-state index >= 15 is 0 Å². The van der Waals surface area contributed by atoms with Gasteiger partial charge in [0.1, 0.15) is 0 Å². The number of rotatable bonds is 2. The fraction of sp³-hybridized carbons (Fsp3) is 0.100. The Balaban J connectivity index is 2.27. The van der Waals surface area contributed by atoms with Crippen LogP contribution >= 0.6 is 27.3 Å². The highest BCUT2D eigenvalue weighted by molar-refractivity contribution is 9.10. The number of benzene rings is 1. The van der Waals surface area contributed by atoms with Crippen molar-refractivity contribution in [3.05, 3.63) is 39.6 Å². The molecule has 0 aliphatic carbocycles. The van der Waals surface area contributed by atoms with Gasteiger partial charge in [-0.3, -0.25) is 0 Å². The minimum Gasteiger partial charge on any atom is -0.428 e. The summed E-state index contributed by atoms with van der Waals surface area (Å²) < 4.78 is 19.4. The van der Waals surface area contributed by atoms with E-state index in [1.165, 1.54) is 17.4 Å². The fourth-order valence-corrected chi connectivity index (χ4v) is 2.03. The highest BCUT2D eigenvalue weighted by Gasteiger charge is 2.07. The van der Waals surface area contributed by atoms with Gasteiger partial charge < -0.3 is 4.74 Å². The molecule has 0 unspecified atom stereocenters. The van der Waals surface area contributed by atoms with Crippen LogP contribution in [-0.2, 0) is 0 Å². The molecule has 1 aromatic carbocycles. The summed E-state index contributed by atoms with van der Waals surface area (Å²) in [6.45, 7) is 1.86. The average Bonchev–Trinajstić information content (AvgIpc) is 2.58. The number of aromatic nitrogens is 1. The predicted octanol–water partition coefficient (Wildman–Crippen LogP) is 4.15. The van der Waals surface area contributed by atoms with Crippen LogP contribution in [0.5, 0.6) is 10.9 Å². The topological polar surface area (TPSA) is 22.1 Å². The predicted molar refractivity (Wildman–Crippen MR) is 61.0 cm³/mol. The normalized spacial score (nSPS) is 10.3. The first-order valence-corrected chi connectivity index (χ1v) is 5.87. The average molecular weight is 288 g/mol. The van der Waals surface area contributed by atoms with Crippen molar-refractivity contribution in [2.75, 3.05) is 0 Å². The van der Waals surface area contributed by atoms with E-state index in [9.17, 15) is 4.39 Å². The second-order valence-electron chi connectivity index (χ2n) is 2.93. The van der Waals surface area contributed by atoms with Crippen LogP contribution in [-0.4, -0.2) is 4.98 Å². The molecule has 0 saturated heterocycles. The smallest absolute Gasteiger partial charge is 0.278 e. The van der Waals surface area contributed by atoms with E-state index in [-0.39, 0.29) is 5.75 Å². The molecule has 0 aliphatic heterocycles. The Hall–Kier alpha value is -0.940. The van der Waals surface area contributed by atoms with Gasteiger partial charge in [0.2, 0.25) is 0 Å². The summed E-state index contributed by atoms with van der Waals surface area (Å²) in [5.74, 6) is -0.218. The van der Waals surface area contributed by atoms with Crippen LogP contribution in [0.15, 0.2) is 28.1 Å². The minimum absolute atomic E-state index is 0.179. The molecule has 0 saturated carbocycles. The molecule has 0 spiro atoms. The zero-order valence-electron chi connectivity index (χ0n) is 7.83. The SMILES string of the molecule is Cc1csc(Oc2cc(Br)ccc2F)n1. The molecule has 0 amide bonds. The van der Waals surface area contributed by atoms with E-state index in [4.69, 9.17) is 4.74 Å². The van der Waals surface area contributed by atoms with Gasteiger partial charge in [-0.05, 0) is 25.1 Å². The lowest BCUT2D eigenvalue weighted by Crippen LogP contribution is -1.87. The highest BCUT2D eigenvalue weighted by atomic mass is 79.9. The number of hydrogen-bond donors (Lipinski definition) is 0. The van der Waals surface area contributed by atoms with Gasteiger partial charge in [0.05, 0.1) is 5.69 Å². The number of thiazole rings is 1. The van der Waals surface area contributed by atoms with Crippen molar-refractivity contribution >= 4 is 27.3 Å². The van der Waals surface area contributed by atoms with Gasteiger partial charge in [0, 0.05) is 9.85 Å². The molecule has 2 aromatic rings. The van der Waals surface area contributed by atoms with Crippen LogP contribution in [0.4, 0.5) is 4.39 Å². The molecule has 0 fully saturated rings. The van der Waals surface area contributed by atoms with Gasteiger partial charge in [-0.1, -0.05) is 27.3 Å². The third-order valence-electron chi connectivity index (χ3n) is 1.69. The van der Waals surface area contributed by atoms with E-state index in [1.54, 1.807) is 12.1 Å². The molecular formula is C10H7BrFNOS. The summed E-state index contributed by atoms with van der Waals surface area (Å²) >= 11 is 4.59. The Labute approximate surface area is 98.9 Å². The summed E-state index contributed by atoms with van der Waals surface area (Å²) in [6.07, 6.45) is 0. The van der Waals surface area contributed by atoms with E-state index < -0.39 is 5.82 Å².